The van der Waals surface area contributed by atoms with Gasteiger partial charge in [0.2, 0.25) is 0 Å². The molecule has 0 bridgehead atoms. The molecule has 0 saturated carbocycles. The molecule has 0 heterocycles. The molecule has 0 aliphatic carbocycles. The lowest BCUT2D eigenvalue weighted by atomic mass is 10.0. The van der Waals surface area contributed by atoms with Crippen LogP contribution in [0.3, 0.4) is 0 Å². The Bertz CT molecular complexity index is 184. The standard InChI is InChI=1S/C7H16O3S/c1-3-4-7(2)5-6-11(8,9)10/h7H,3-6H2,1-2H3,(H,8,9,10). The van der Waals surface area contributed by atoms with Gasteiger partial charge in [0.1, 0.15) is 0 Å². The minimum Gasteiger partial charge on any atom is -0.286 e. The number of rotatable bonds is 5. The average Bonchev–Trinajstić information content (AvgIpc) is 1.83. The Morgan fingerprint density at radius 3 is 2.27 bits per heavy atom. The molecule has 0 aromatic heterocycles. The van der Waals surface area contributed by atoms with Crippen molar-refractivity contribution >= 4 is 10.1 Å². The third-order valence-electron chi connectivity index (χ3n) is 1.65. The third-order valence-corrected chi connectivity index (χ3v) is 2.40. The molecule has 0 aliphatic rings. The molecule has 0 amide bonds. The second kappa shape index (κ2) is 4.72. The van der Waals surface area contributed by atoms with Crippen LogP contribution in [0.15, 0.2) is 0 Å². The first-order valence-corrected chi connectivity index (χ1v) is 5.51. The summed E-state index contributed by atoms with van der Waals surface area (Å²) in [5.74, 6) is 0.288. The van der Waals surface area contributed by atoms with E-state index >= 15 is 0 Å². The molecule has 1 atom stereocenters. The fraction of sp³-hybridized carbons (Fsp3) is 1.00. The minimum atomic E-state index is -3.74. The van der Waals surface area contributed by atoms with Gasteiger partial charge in [-0.25, -0.2) is 0 Å². The Kier molecular flexibility index (Phi) is 4.68. The first-order valence-electron chi connectivity index (χ1n) is 3.91. The summed E-state index contributed by atoms with van der Waals surface area (Å²) in [4.78, 5) is 0. The summed E-state index contributed by atoms with van der Waals surface area (Å²) < 4.78 is 29.0. The first-order chi connectivity index (χ1) is 4.95. The predicted molar refractivity (Wildman–Crippen MR) is 45.1 cm³/mol. The molecular weight excluding hydrogens is 164 g/mol. The Balaban J connectivity index is 3.54. The monoisotopic (exact) mass is 180 g/mol. The second-order valence-electron chi connectivity index (χ2n) is 2.97. The second-order valence-corrected chi connectivity index (χ2v) is 4.54. The lowest BCUT2D eigenvalue weighted by Gasteiger charge is -2.06. The smallest absolute Gasteiger partial charge is 0.264 e. The molecule has 1 unspecified atom stereocenters. The average molecular weight is 180 g/mol. The van der Waals surface area contributed by atoms with Gasteiger partial charge in [-0.15, -0.1) is 0 Å². The molecule has 0 spiro atoms. The maximum absolute atomic E-state index is 10.3. The van der Waals surface area contributed by atoms with Gasteiger partial charge in [-0.05, 0) is 12.3 Å². The van der Waals surface area contributed by atoms with Gasteiger partial charge in [-0.2, -0.15) is 8.42 Å². The summed E-state index contributed by atoms with van der Waals surface area (Å²) >= 11 is 0. The molecule has 0 aromatic carbocycles. The summed E-state index contributed by atoms with van der Waals surface area (Å²) in [6.07, 6.45) is 2.65. The normalized spacial score (nSPS) is 14.8. The van der Waals surface area contributed by atoms with Crippen molar-refractivity contribution in [1.29, 1.82) is 0 Å². The van der Waals surface area contributed by atoms with Crippen LogP contribution in [0, 0.1) is 5.92 Å². The van der Waals surface area contributed by atoms with E-state index in [0.717, 1.165) is 12.8 Å². The Hall–Kier alpha value is -0.0900. The van der Waals surface area contributed by atoms with Gasteiger partial charge in [0.15, 0.2) is 0 Å². The largest absolute Gasteiger partial charge is 0.286 e. The summed E-state index contributed by atoms with van der Waals surface area (Å²) in [7, 11) is -3.74. The molecule has 1 N–H and O–H groups in total. The van der Waals surface area contributed by atoms with Gasteiger partial charge in [0, 0.05) is 0 Å². The van der Waals surface area contributed by atoms with Gasteiger partial charge in [0.05, 0.1) is 5.75 Å². The molecule has 0 rings (SSSR count). The fourth-order valence-electron chi connectivity index (χ4n) is 0.987. The van der Waals surface area contributed by atoms with E-state index in [9.17, 15) is 8.42 Å². The highest BCUT2D eigenvalue weighted by molar-refractivity contribution is 7.85. The van der Waals surface area contributed by atoms with Crippen LogP contribution in [0.2, 0.25) is 0 Å². The van der Waals surface area contributed by atoms with E-state index in [-0.39, 0.29) is 5.75 Å². The minimum absolute atomic E-state index is 0.103. The molecule has 68 valence electrons. The van der Waals surface area contributed by atoms with E-state index in [4.69, 9.17) is 4.55 Å². The van der Waals surface area contributed by atoms with Crippen molar-refractivity contribution < 1.29 is 13.0 Å². The molecule has 0 fully saturated rings. The van der Waals surface area contributed by atoms with Gasteiger partial charge >= 0.3 is 0 Å². The highest BCUT2D eigenvalue weighted by Gasteiger charge is 2.07. The van der Waals surface area contributed by atoms with Crippen LogP contribution in [0.5, 0.6) is 0 Å². The molecule has 3 nitrogen and oxygen atoms in total. The zero-order valence-electron chi connectivity index (χ0n) is 7.08. The van der Waals surface area contributed by atoms with E-state index in [1.165, 1.54) is 0 Å². The maximum atomic E-state index is 10.3. The van der Waals surface area contributed by atoms with Crippen molar-refractivity contribution in [1.82, 2.24) is 0 Å². The Morgan fingerprint density at radius 1 is 1.36 bits per heavy atom. The van der Waals surface area contributed by atoms with E-state index in [1.807, 2.05) is 6.92 Å². The Labute approximate surface area is 68.6 Å². The van der Waals surface area contributed by atoms with Crippen molar-refractivity contribution in [3.8, 4) is 0 Å². The molecule has 0 radical (unpaired) electrons. The lowest BCUT2D eigenvalue weighted by Crippen LogP contribution is -2.07. The van der Waals surface area contributed by atoms with Gasteiger partial charge in [0.25, 0.3) is 10.1 Å². The van der Waals surface area contributed by atoms with E-state index in [2.05, 4.69) is 6.92 Å². The van der Waals surface area contributed by atoms with Crippen molar-refractivity contribution in [2.45, 2.75) is 33.1 Å². The quantitative estimate of drug-likeness (QED) is 0.655. The molecule has 4 heteroatoms. The topological polar surface area (TPSA) is 54.4 Å². The summed E-state index contributed by atoms with van der Waals surface area (Å²) in [5.41, 5.74) is 0. The van der Waals surface area contributed by atoms with Gasteiger partial charge in [-0.1, -0.05) is 26.7 Å². The fourth-order valence-corrected chi connectivity index (χ4v) is 1.69. The van der Waals surface area contributed by atoms with E-state index in [1.54, 1.807) is 0 Å². The first kappa shape index (κ1) is 10.9. The van der Waals surface area contributed by atoms with Crippen molar-refractivity contribution in [2.75, 3.05) is 5.75 Å². The molecule has 11 heavy (non-hydrogen) atoms. The lowest BCUT2D eigenvalue weighted by molar-refractivity contribution is 0.460. The highest BCUT2D eigenvalue weighted by atomic mass is 32.2. The van der Waals surface area contributed by atoms with Crippen LogP contribution >= 0.6 is 0 Å². The van der Waals surface area contributed by atoms with Gasteiger partial charge in [-0.3, -0.25) is 4.55 Å². The highest BCUT2D eigenvalue weighted by Crippen LogP contribution is 2.10. The molecule has 0 aliphatic heterocycles. The van der Waals surface area contributed by atoms with Crippen molar-refractivity contribution in [2.24, 2.45) is 5.92 Å². The van der Waals surface area contributed by atoms with Crippen LogP contribution < -0.4 is 0 Å². The zero-order valence-corrected chi connectivity index (χ0v) is 7.89. The summed E-state index contributed by atoms with van der Waals surface area (Å²) in [5, 5.41) is 0. The van der Waals surface area contributed by atoms with Crippen LogP contribution in [0.1, 0.15) is 33.1 Å². The van der Waals surface area contributed by atoms with Crippen molar-refractivity contribution in [3.63, 3.8) is 0 Å². The summed E-state index contributed by atoms with van der Waals surface area (Å²) in [6.45, 7) is 4.05. The van der Waals surface area contributed by atoms with E-state index in [0.29, 0.717) is 12.3 Å². The number of hydrogen-bond acceptors (Lipinski definition) is 2. The van der Waals surface area contributed by atoms with Crippen LogP contribution in [-0.4, -0.2) is 18.7 Å². The van der Waals surface area contributed by atoms with Gasteiger partial charge < -0.3 is 0 Å². The molecule has 0 saturated heterocycles. The van der Waals surface area contributed by atoms with Crippen LogP contribution in [0.25, 0.3) is 0 Å². The summed E-state index contributed by atoms with van der Waals surface area (Å²) in [6, 6.07) is 0. The van der Waals surface area contributed by atoms with Crippen molar-refractivity contribution in [3.05, 3.63) is 0 Å². The molecular formula is C7H16O3S. The Morgan fingerprint density at radius 2 is 1.91 bits per heavy atom. The molecule has 0 aromatic rings. The van der Waals surface area contributed by atoms with Crippen LogP contribution in [0.4, 0.5) is 0 Å². The van der Waals surface area contributed by atoms with E-state index < -0.39 is 10.1 Å². The predicted octanol–water partition coefficient (Wildman–Crippen LogP) is 1.70. The maximum Gasteiger partial charge on any atom is 0.264 e. The third kappa shape index (κ3) is 7.81. The zero-order chi connectivity index (χ0) is 8.91. The number of hydrogen-bond donors (Lipinski definition) is 1. The van der Waals surface area contributed by atoms with Crippen LogP contribution in [-0.2, 0) is 10.1 Å². The SMILES string of the molecule is CCCC(C)CCS(=O)(=O)O.